The van der Waals surface area contributed by atoms with Crippen LogP contribution in [-0.4, -0.2) is 35.0 Å². The largest absolute Gasteiger partial charge is 0.441 e. The van der Waals surface area contributed by atoms with Gasteiger partial charge in [-0.05, 0) is 42.8 Å². The maximum Gasteiger partial charge on any atom is 0.424 e. The van der Waals surface area contributed by atoms with Gasteiger partial charge in [0.15, 0.2) is 5.58 Å². The Morgan fingerprint density at radius 1 is 1.23 bits per heavy atom. The Labute approximate surface area is 146 Å². The molecule has 2 aromatic carbocycles. The highest BCUT2D eigenvalue weighted by atomic mass is 19.1. The lowest BCUT2D eigenvalue weighted by Gasteiger charge is -2.14. The zero-order chi connectivity index (χ0) is 18.4. The van der Waals surface area contributed by atoms with Crippen molar-refractivity contribution in [3.8, 4) is 5.69 Å². The van der Waals surface area contributed by atoms with Crippen LogP contribution in [0.3, 0.4) is 0 Å². The van der Waals surface area contributed by atoms with Crippen LogP contribution in [0.1, 0.15) is 5.56 Å². The number of halogens is 1. The smallest absolute Gasteiger partial charge is 0.424 e. The number of ether oxygens (including phenoxy) is 1. The van der Waals surface area contributed by atoms with Gasteiger partial charge in [0.25, 0.3) is 0 Å². The minimum absolute atomic E-state index is 0.0226. The van der Waals surface area contributed by atoms with Crippen LogP contribution in [0.5, 0.6) is 0 Å². The Hall–Kier alpha value is -3.13. The highest BCUT2D eigenvalue weighted by molar-refractivity contribution is 5.90. The summed E-state index contributed by atoms with van der Waals surface area (Å²) in [7, 11) is 0. The number of carbonyl (C=O) groups excluding carboxylic acids is 1. The Morgan fingerprint density at radius 3 is 2.73 bits per heavy atom. The number of hydrogen-bond donors (Lipinski definition) is 1. The second kappa shape index (κ2) is 5.99. The number of cyclic esters (lactones) is 1. The van der Waals surface area contributed by atoms with Gasteiger partial charge in [-0.1, -0.05) is 6.07 Å². The van der Waals surface area contributed by atoms with Crippen LogP contribution >= 0.6 is 0 Å². The fourth-order valence-electron chi connectivity index (χ4n) is 3.03. The first-order chi connectivity index (χ1) is 12.5. The first kappa shape index (κ1) is 16.3. The predicted molar refractivity (Wildman–Crippen MR) is 91.2 cm³/mol. The van der Waals surface area contributed by atoms with Crippen molar-refractivity contribution in [2.75, 3.05) is 18.1 Å². The Morgan fingerprint density at radius 2 is 2.04 bits per heavy atom. The minimum atomic E-state index is -0.696. The van der Waals surface area contributed by atoms with Gasteiger partial charge in [0, 0.05) is 0 Å². The molecular formula is C18H15FN2O5. The summed E-state index contributed by atoms with van der Waals surface area (Å²) in [5.41, 5.74) is 2.03. The highest BCUT2D eigenvalue weighted by Crippen LogP contribution is 2.27. The lowest BCUT2D eigenvalue weighted by molar-refractivity contribution is 0.0963. The van der Waals surface area contributed by atoms with E-state index in [1.165, 1.54) is 17.0 Å². The summed E-state index contributed by atoms with van der Waals surface area (Å²) >= 11 is 0. The van der Waals surface area contributed by atoms with Crippen molar-refractivity contribution in [2.45, 2.75) is 13.0 Å². The van der Waals surface area contributed by atoms with Gasteiger partial charge in [-0.25, -0.2) is 18.5 Å². The Kier molecular flexibility index (Phi) is 3.77. The van der Waals surface area contributed by atoms with Crippen LogP contribution in [-0.2, 0) is 4.74 Å². The molecule has 0 saturated carbocycles. The number of aryl methyl sites for hydroxylation is 1. The van der Waals surface area contributed by atoms with E-state index >= 15 is 0 Å². The number of aromatic nitrogens is 1. The second-order valence-corrected chi connectivity index (χ2v) is 6.11. The molecule has 0 aliphatic carbocycles. The predicted octanol–water partition coefficient (Wildman–Crippen LogP) is 2.35. The van der Waals surface area contributed by atoms with E-state index in [0.29, 0.717) is 11.1 Å². The van der Waals surface area contributed by atoms with E-state index in [-0.39, 0.29) is 24.5 Å². The van der Waals surface area contributed by atoms with Gasteiger partial charge in [-0.15, -0.1) is 0 Å². The molecule has 0 spiro atoms. The molecule has 3 aromatic rings. The number of benzene rings is 2. The summed E-state index contributed by atoms with van der Waals surface area (Å²) in [5, 5.41) is 9.10. The van der Waals surface area contributed by atoms with E-state index < -0.39 is 23.8 Å². The molecule has 0 bridgehead atoms. The van der Waals surface area contributed by atoms with Crippen LogP contribution in [0.2, 0.25) is 0 Å². The lowest BCUT2D eigenvalue weighted by Crippen LogP contribution is -2.25. The topological polar surface area (TPSA) is 84.9 Å². The number of nitrogens with zero attached hydrogens (tertiary/aromatic N) is 2. The SMILES string of the molecule is Cc1ccc2oc(=O)n(-c3ccc(N4C[C@H](CO)OC4=O)cc3F)c2c1. The van der Waals surface area contributed by atoms with Crippen molar-refractivity contribution in [3.05, 3.63) is 58.3 Å². The lowest BCUT2D eigenvalue weighted by atomic mass is 10.2. The number of rotatable bonds is 3. The number of amides is 1. The summed E-state index contributed by atoms with van der Waals surface area (Å²) in [4.78, 5) is 25.3. The highest BCUT2D eigenvalue weighted by Gasteiger charge is 2.32. The van der Waals surface area contributed by atoms with Crippen molar-refractivity contribution in [1.82, 2.24) is 4.57 Å². The number of anilines is 1. The summed E-state index contributed by atoms with van der Waals surface area (Å²) in [6, 6.07) is 9.26. The maximum atomic E-state index is 14.8. The number of hydrogen-bond acceptors (Lipinski definition) is 5. The monoisotopic (exact) mass is 358 g/mol. The van der Waals surface area contributed by atoms with Crippen LogP contribution in [0.15, 0.2) is 45.6 Å². The quantitative estimate of drug-likeness (QED) is 0.777. The molecule has 2 heterocycles. The van der Waals surface area contributed by atoms with Crippen molar-refractivity contribution in [3.63, 3.8) is 0 Å². The molecule has 4 rings (SSSR count). The van der Waals surface area contributed by atoms with E-state index in [9.17, 15) is 14.0 Å². The van der Waals surface area contributed by atoms with Gasteiger partial charge < -0.3 is 14.3 Å². The maximum absolute atomic E-state index is 14.8. The zero-order valence-corrected chi connectivity index (χ0v) is 13.8. The third-order valence-corrected chi connectivity index (χ3v) is 4.30. The number of oxazole rings is 1. The van der Waals surface area contributed by atoms with E-state index in [2.05, 4.69) is 0 Å². The standard InChI is InChI=1S/C18H15FN2O5/c1-10-2-5-16-15(6-10)21(18(24)26-16)14-4-3-11(7-13(14)19)20-8-12(9-22)25-17(20)23/h2-7,12,22H,8-9H2,1H3/t12-/m1/s1. The summed E-state index contributed by atoms with van der Waals surface area (Å²) in [5.74, 6) is -1.38. The molecule has 1 N–H and O–H groups in total. The molecule has 1 amide bonds. The third kappa shape index (κ3) is 2.55. The molecule has 0 radical (unpaired) electrons. The molecule has 134 valence electrons. The second-order valence-electron chi connectivity index (χ2n) is 6.11. The molecule has 7 nitrogen and oxygen atoms in total. The fraction of sp³-hybridized carbons (Fsp3) is 0.222. The molecule has 26 heavy (non-hydrogen) atoms. The summed E-state index contributed by atoms with van der Waals surface area (Å²) < 4.78 is 26.0. The minimum Gasteiger partial charge on any atom is -0.441 e. The molecule has 1 aromatic heterocycles. The van der Waals surface area contributed by atoms with E-state index in [1.807, 2.05) is 6.92 Å². The molecule has 1 saturated heterocycles. The van der Waals surface area contributed by atoms with E-state index in [4.69, 9.17) is 14.3 Å². The van der Waals surface area contributed by atoms with Gasteiger partial charge in [0.05, 0.1) is 30.0 Å². The third-order valence-electron chi connectivity index (χ3n) is 4.30. The van der Waals surface area contributed by atoms with Crippen molar-refractivity contribution >= 4 is 22.9 Å². The van der Waals surface area contributed by atoms with Gasteiger partial charge in [0.2, 0.25) is 0 Å². The molecular weight excluding hydrogens is 343 g/mol. The van der Waals surface area contributed by atoms with Crippen molar-refractivity contribution in [2.24, 2.45) is 0 Å². The summed E-state index contributed by atoms with van der Waals surface area (Å²) in [6.45, 7) is 1.68. The van der Waals surface area contributed by atoms with E-state index in [1.54, 1.807) is 18.2 Å². The van der Waals surface area contributed by atoms with Gasteiger partial charge >= 0.3 is 11.8 Å². The fourth-order valence-corrected chi connectivity index (χ4v) is 3.03. The van der Waals surface area contributed by atoms with Crippen LogP contribution in [0.25, 0.3) is 16.8 Å². The zero-order valence-electron chi connectivity index (χ0n) is 13.8. The molecule has 0 unspecified atom stereocenters. The number of aliphatic hydroxyl groups excluding tert-OH is 1. The molecule has 1 aliphatic heterocycles. The molecule has 1 fully saturated rings. The van der Waals surface area contributed by atoms with Gasteiger partial charge in [-0.3, -0.25) is 4.90 Å². The number of carbonyl (C=O) groups is 1. The van der Waals surface area contributed by atoms with Crippen LogP contribution in [0.4, 0.5) is 14.9 Å². The average molecular weight is 358 g/mol. The molecule has 8 heteroatoms. The Balaban J connectivity index is 1.78. The summed E-state index contributed by atoms with van der Waals surface area (Å²) in [6.07, 6.45) is -1.30. The normalized spacial score (nSPS) is 17.1. The van der Waals surface area contributed by atoms with E-state index in [0.717, 1.165) is 16.2 Å². The molecule has 1 atom stereocenters. The van der Waals surface area contributed by atoms with Crippen molar-refractivity contribution < 1.29 is 23.4 Å². The number of fused-ring (bicyclic) bond motifs is 1. The van der Waals surface area contributed by atoms with Crippen LogP contribution in [0, 0.1) is 12.7 Å². The molecule has 1 aliphatic rings. The Bertz CT molecular complexity index is 1070. The average Bonchev–Trinajstić information content (AvgIpc) is 3.14. The van der Waals surface area contributed by atoms with Crippen LogP contribution < -0.4 is 10.7 Å². The van der Waals surface area contributed by atoms with Gasteiger partial charge in [-0.2, -0.15) is 0 Å². The first-order valence-corrected chi connectivity index (χ1v) is 7.99. The van der Waals surface area contributed by atoms with Gasteiger partial charge in [0.1, 0.15) is 11.9 Å². The van der Waals surface area contributed by atoms with Crippen molar-refractivity contribution in [1.29, 1.82) is 0 Å². The number of aliphatic hydroxyl groups is 1. The first-order valence-electron chi connectivity index (χ1n) is 7.99.